The fourth-order valence-electron chi connectivity index (χ4n) is 1.77. The SMILES string of the molecule is Cc1cc(Cl)c(N(C)c2cccc(N)c2)cc1F. The van der Waals surface area contributed by atoms with Crippen LogP contribution < -0.4 is 10.6 Å². The van der Waals surface area contributed by atoms with E-state index in [2.05, 4.69) is 0 Å². The zero-order valence-corrected chi connectivity index (χ0v) is 11.0. The molecule has 0 fully saturated rings. The number of hydrogen-bond acceptors (Lipinski definition) is 2. The normalized spacial score (nSPS) is 10.4. The lowest BCUT2D eigenvalue weighted by molar-refractivity contribution is 0.618. The Labute approximate surface area is 111 Å². The third-order valence-corrected chi connectivity index (χ3v) is 3.15. The van der Waals surface area contributed by atoms with E-state index in [1.807, 2.05) is 25.2 Å². The molecule has 0 saturated carbocycles. The van der Waals surface area contributed by atoms with Gasteiger partial charge in [0.2, 0.25) is 0 Å². The molecule has 2 nitrogen and oxygen atoms in total. The Hall–Kier alpha value is -1.74. The molecular formula is C14H14ClFN2. The maximum absolute atomic E-state index is 13.6. The van der Waals surface area contributed by atoms with Crippen LogP contribution in [0.4, 0.5) is 21.5 Å². The summed E-state index contributed by atoms with van der Waals surface area (Å²) in [5.74, 6) is -0.273. The zero-order chi connectivity index (χ0) is 13.3. The van der Waals surface area contributed by atoms with Crippen molar-refractivity contribution >= 4 is 28.7 Å². The molecule has 0 radical (unpaired) electrons. The minimum absolute atomic E-state index is 0.273. The molecule has 94 valence electrons. The van der Waals surface area contributed by atoms with Crippen molar-refractivity contribution < 1.29 is 4.39 Å². The largest absolute Gasteiger partial charge is 0.399 e. The third kappa shape index (κ3) is 2.41. The predicted molar refractivity (Wildman–Crippen MR) is 75.1 cm³/mol. The van der Waals surface area contributed by atoms with Crippen LogP contribution in [0, 0.1) is 12.7 Å². The number of rotatable bonds is 2. The number of aryl methyl sites for hydroxylation is 1. The molecule has 2 aromatic rings. The molecule has 0 unspecified atom stereocenters. The van der Waals surface area contributed by atoms with Crippen LogP contribution in [-0.2, 0) is 0 Å². The lowest BCUT2D eigenvalue weighted by atomic mass is 10.2. The van der Waals surface area contributed by atoms with Crippen LogP contribution in [0.25, 0.3) is 0 Å². The van der Waals surface area contributed by atoms with E-state index < -0.39 is 0 Å². The van der Waals surface area contributed by atoms with Gasteiger partial charge in [-0.3, -0.25) is 0 Å². The van der Waals surface area contributed by atoms with Gasteiger partial charge in [0, 0.05) is 18.4 Å². The van der Waals surface area contributed by atoms with Gasteiger partial charge in [-0.15, -0.1) is 0 Å². The Kier molecular flexibility index (Phi) is 3.43. The molecule has 2 aromatic carbocycles. The number of nitrogens with two attached hydrogens (primary N) is 1. The molecule has 2 N–H and O–H groups in total. The Morgan fingerprint density at radius 3 is 2.61 bits per heavy atom. The maximum atomic E-state index is 13.6. The van der Waals surface area contributed by atoms with Crippen molar-refractivity contribution in [2.24, 2.45) is 0 Å². The number of benzene rings is 2. The van der Waals surface area contributed by atoms with E-state index in [1.165, 1.54) is 6.07 Å². The minimum atomic E-state index is -0.273. The van der Waals surface area contributed by atoms with Gasteiger partial charge in [0.1, 0.15) is 5.82 Å². The number of nitrogen functional groups attached to an aromatic ring is 1. The van der Waals surface area contributed by atoms with E-state index in [1.54, 1.807) is 24.0 Å². The van der Waals surface area contributed by atoms with Crippen molar-refractivity contribution in [1.29, 1.82) is 0 Å². The van der Waals surface area contributed by atoms with Crippen molar-refractivity contribution in [3.05, 3.63) is 52.8 Å². The van der Waals surface area contributed by atoms with Crippen LogP contribution in [0.15, 0.2) is 36.4 Å². The summed E-state index contributed by atoms with van der Waals surface area (Å²) in [5, 5.41) is 0.513. The lowest BCUT2D eigenvalue weighted by Crippen LogP contribution is -2.10. The van der Waals surface area contributed by atoms with Gasteiger partial charge in [-0.1, -0.05) is 17.7 Å². The molecule has 0 aliphatic rings. The van der Waals surface area contributed by atoms with Gasteiger partial charge in [0.15, 0.2) is 0 Å². The molecule has 2 rings (SSSR count). The van der Waals surface area contributed by atoms with E-state index in [0.29, 0.717) is 22.0 Å². The van der Waals surface area contributed by atoms with Crippen molar-refractivity contribution in [1.82, 2.24) is 0 Å². The first kappa shape index (κ1) is 12.7. The van der Waals surface area contributed by atoms with Crippen LogP contribution in [0.2, 0.25) is 5.02 Å². The number of anilines is 3. The highest BCUT2D eigenvalue weighted by Gasteiger charge is 2.11. The van der Waals surface area contributed by atoms with E-state index >= 15 is 0 Å². The highest BCUT2D eigenvalue weighted by molar-refractivity contribution is 6.33. The second kappa shape index (κ2) is 4.86. The van der Waals surface area contributed by atoms with Crippen molar-refractivity contribution in [2.45, 2.75) is 6.92 Å². The molecule has 18 heavy (non-hydrogen) atoms. The lowest BCUT2D eigenvalue weighted by Gasteiger charge is -2.21. The molecule has 0 aromatic heterocycles. The quantitative estimate of drug-likeness (QED) is 0.826. The van der Waals surface area contributed by atoms with Gasteiger partial charge >= 0.3 is 0 Å². The number of hydrogen-bond donors (Lipinski definition) is 1. The molecule has 0 spiro atoms. The van der Waals surface area contributed by atoms with Gasteiger partial charge < -0.3 is 10.6 Å². The topological polar surface area (TPSA) is 29.3 Å². The fourth-order valence-corrected chi connectivity index (χ4v) is 2.11. The van der Waals surface area contributed by atoms with E-state index in [4.69, 9.17) is 17.3 Å². The third-order valence-electron chi connectivity index (χ3n) is 2.85. The first-order chi connectivity index (χ1) is 8.49. The Morgan fingerprint density at radius 1 is 1.22 bits per heavy atom. The van der Waals surface area contributed by atoms with Crippen LogP contribution >= 0.6 is 11.6 Å². The summed E-state index contributed by atoms with van der Waals surface area (Å²) in [6, 6.07) is 10.4. The minimum Gasteiger partial charge on any atom is -0.399 e. The molecule has 0 heterocycles. The van der Waals surface area contributed by atoms with Crippen LogP contribution in [0.5, 0.6) is 0 Å². The first-order valence-corrected chi connectivity index (χ1v) is 5.92. The van der Waals surface area contributed by atoms with Crippen LogP contribution in [0.1, 0.15) is 5.56 Å². The number of nitrogens with zero attached hydrogens (tertiary/aromatic N) is 1. The number of halogens is 2. The van der Waals surface area contributed by atoms with Gasteiger partial charge in [-0.25, -0.2) is 4.39 Å². The molecule has 0 aliphatic carbocycles. The Bertz CT molecular complexity index is 584. The molecule has 0 bridgehead atoms. The van der Waals surface area contributed by atoms with Crippen LogP contribution in [-0.4, -0.2) is 7.05 Å². The van der Waals surface area contributed by atoms with E-state index in [0.717, 1.165) is 5.69 Å². The monoisotopic (exact) mass is 264 g/mol. The summed E-state index contributed by atoms with van der Waals surface area (Å²) in [5.41, 5.74) is 8.40. The molecule has 4 heteroatoms. The molecule has 0 aliphatic heterocycles. The predicted octanol–water partition coefficient (Wildman–Crippen LogP) is 4.14. The summed E-state index contributed by atoms with van der Waals surface area (Å²) >= 11 is 6.15. The van der Waals surface area contributed by atoms with Crippen LogP contribution in [0.3, 0.4) is 0 Å². The van der Waals surface area contributed by atoms with Gasteiger partial charge in [-0.2, -0.15) is 0 Å². The standard InChI is InChI=1S/C14H14ClFN2/c1-9-6-12(15)14(8-13(9)16)18(2)11-5-3-4-10(17)7-11/h3-8H,17H2,1-2H3. The summed E-state index contributed by atoms with van der Waals surface area (Å²) in [7, 11) is 1.82. The average Bonchev–Trinajstić information content (AvgIpc) is 2.33. The molecule has 0 amide bonds. The van der Waals surface area contributed by atoms with Gasteiger partial charge in [0.05, 0.1) is 10.7 Å². The van der Waals surface area contributed by atoms with Crippen molar-refractivity contribution in [2.75, 3.05) is 17.7 Å². The molecule has 0 atom stereocenters. The van der Waals surface area contributed by atoms with E-state index in [9.17, 15) is 4.39 Å². The second-order valence-electron chi connectivity index (χ2n) is 4.21. The summed E-state index contributed by atoms with van der Waals surface area (Å²) in [6.07, 6.45) is 0. The van der Waals surface area contributed by atoms with Gasteiger partial charge in [-0.05, 0) is 42.8 Å². The highest BCUT2D eigenvalue weighted by atomic mass is 35.5. The smallest absolute Gasteiger partial charge is 0.128 e. The second-order valence-corrected chi connectivity index (χ2v) is 4.61. The van der Waals surface area contributed by atoms with Crippen molar-refractivity contribution in [3.8, 4) is 0 Å². The van der Waals surface area contributed by atoms with Gasteiger partial charge in [0.25, 0.3) is 0 Å². The average molecular weight is 265 g/mol. The summed E-state index contributed by atoms with van der Waals surface area (Å²) in [4.78, 5) is 1.81. The highest BCUT2D eigenvalue weighted by Crippen LogP contribution is 2.33. The fraction of sp³-hybridized carbons (Fsp3) is 0.143. The maximum Gasteiger partial charge on any atom is 0.128 e. The Balaban J connectivity index is 2.46. The first-order valence-electron chi connectivity index (χ1n) is 5.54. The summed E-state index contributed by atoms with van der Waals surface area (Å²) < 4.78 is 13.6. The van der Waals surface area contributed by atoms with Crippen molar-refractivity contribution in [3.63, 3.8) is 0 Å². The Morgan fingerprint density at radius 2 is 1.94 bits per heavy atom. The molecule has 0 saturated heterocycles. The molecular weight excluding hydrogens is 251 g/mol. The zero-order valence-electron chi connectivity index (χ0n) is 10.2. The summed E-state index contributed by atoms with van der Waals surface area (Å²) in [6.45, 7) is 1.69. The van der Waals surface area contributed by atoms with E-state index in [-0.39, 0.29) is 5.82 Å².